The summed E-state index contributed by atoms with van der Waals surface area (Å²) in [7, 11) is -2.18. The fraction of sp³-hybridized carbons (Fsp3) is 0.368. The van der Waals surface area contributed by atoms with Gasteiger partial charge in [0, 0.05) is 25.0 Å². The first kappa shape index (κ1) is 17.9. The van der Waals surface area contributed by atoms with Gasteiger partial charge in [0.1, 0.15) is 10.6 Å². The molecule has 1 fully saturated rings. The van der Waals surface area contributed by atoms with E-state index in [-0.39, 0.29) is 16.9 Å². The van der Waals surface area contributed by atoms with Crippen molar-refractivity contribution in [3.05, 3.63) is 59.2 Å². The predicted octanol–water partition coefficient (Wildman–Crippen LogP) is 2.43. The lowest BCUT2D eigenvalue weighted by Gasteiger charge is -2.20. The smallest absolute Gasteiger partial charge is 0.247 e. The van der Waals surface area contributed by atoms with Crippen LogP contribution in [-0.4, -0.2) is 39.0 Å². The zero-order chi connectivity index (χ0) is 18.2. The lowest BCUT2D eigenvalue weighted by atomic mass is 9.95. The summed E-state index contributed by atoms with van der Waals surface area (Å²) in [6, 6.07) is 13.2. The molecule has 1 aliphatic heterocycles. The molecule has 0 spiro atoms. The van der Waals surface area contributed by atoms with E-state index in [9.17, 15) is 8.42 Å². The van der Waals surface area contributed by atoms with Gasteiger partial charge in [-0.1, -0.05) is 36.4 Å². The summed E-state index contributed by atoms with van der Waals surface area (Å²) in [6.45, 7) is 4.40. The van der Waals surface area contributed by atoms with Gasteiger partial charge in [-0.2, -0.15) is 4.31 Å². The van der Waals surface area contributed by atoms with Crippen molar-refractivity contribution in [2.75, 3.05) is 20.2 Å². The van der Waals surface area contributed by atoms with E-state index in [0.717, 1.165) is 11.1 Å². The molecular weight excluding hydrogens is 336 g/mol. The molecule has 6 heteroatoms. The number of rotatable bonds is 4. The van der Waals surface area contributed by atoms with Crippen molar-refractivity contribution in [2.45, 2.75) is 30.7 Å². The summed E-state index contributed by atoms with van der Waals surface area (Å²) in [6.07, 6.45) is 0. The molecule has 1 heterocycles. The molecule has 2 aromatic carbocycles. The minimum atomic E-state index is -3.67. The number of aryl methyl sites for hydroxylation is 2. The highest BCUT2D eigenvalue weighted by Gasteiger charge is 2.40. The number of benzene rings is 2. The molecular formula is C19H24N2O3S. The highest BCUT2D eigenvalue weighted by Crippen LogP contribution is 2.35. The number of methoxy groups -OCH3 is 1. The molecule has 0 bridgehead atoms. The largest absolute Gasteiger partial charge is 0.495 e. The van der Waals surface area contributed by atoms with Crippen LogP contribution in [0.5, 0.6) is 5.75 Å². The third kappa shape index (κ3) is 3.29. The van der Waals surface area contributed by atoms with E-state index < -0.39 is 10.0 Å². The molecule has 25 heavy (non-hydrogen) atoms. The van der Waals surface area contributed by atoms with Crippen LogP contribution in [0.15, 0.2) is 47.4 Å². The molecule has 0 unspecified atom stereocenters. The van der Waals surface area contributed by atoms with Crippen molar-refractivity contribution in [3.8, 4) is 5.75 Å². The number of hydrogen-bond acceptors (Lipinski definition) is 4. The molecule has 2 aromatic rings. The number of nitrogens with zero attached hydrogens (tertiary/aromatic N) is 1. The zero-order valence-electron chi connectivity index (χ0n) is 14.8. The van der Waals surface area contributed by atoms with Crippen LogP contribution < -0.4 is 10.5 Å². The molecule has 0 amide bonds. The van der Waals surface area contributed by atoms with Crippen molar-refractivity contribution in [3.63, 3.8) is 0 Å². The van der Waals surface area contributed by atoms with Crippen molar-refractivity contribution in [2.24, 2.45) is 5.73 Å². The van der Waals surface area contributed by atoms with E-state index in [0.29, 0.717) is 24.4 Å². The minimum Gasteiger partial charge on any atom is -0.495 e. The average molecular weight is 360 g/mol. The highest BCUT2D eigenvalue weighted by molar-refractivity contribution is 7.89. The lowest BCUT2D eigenvalue weighted by molar-refractivity contribution is 0.396. The molecule has 3 rings (SSSR count). The van der Waals surface area contributed by atoms with Gasteiger partial charge >= 0.3 is 0 Å². The summed E-state index contributed by atoms with van der Waals surface area (Å²) < 4.78 is 33.4. The Morgan fingerprint density at radius 2 is 1.80 bits per heavy atom. The van der Waals surface area contributed by atoms with Crippen molar-refractivity contribution in [1.29, 1.82) is 0 Å². The molecule has 2 atom stereocenters. The maximum atomic E-state index is 13.3. The summed E-state index contributed by atoms with van der Waals surface area (Å²) in [4.78, 5) is 0.238. The molecule has 1 aliphatic rings. The Morgan fingerprint density at radius 3 is 2.44 bits per heavy atom. The van der Waals surface area contributed by atoms with Gasteiger partial charge in [-0.05, 0) is 36.6 Å². The molecule has 0 saturated carbocycles. The Balaban J connectivity index is 1.97. The maximum Gasteiger partial charge on any atom is 0.247 e. The Labute approximate surface area is 149 Å². The van der Waals surface area contributed by atoms with Gasteiger partial charge in [0.25, 0.3) is 0 Å². The van der Waals surface area contributed by atoms with Crippen LogP contribution in [0, 0.1) is 13.8 Å². The van der Waals surface area contributed by atoms with E-state index >= 15 is 0 Å². The van der Waals surface area contributed by atoms with Gasteiger partial charge in [0.05, 0.1) is 7.11 Å². The third-order valence-corrected chi connectivity index (χ3v) is 6.78. The first-order chi connectivity index (χ1) is 11.8. The van der Waals surface area contributed by atoms with Crippen LogP contribution in [0.1, 0.15) is 22.6 Å². The van der Waals surface area contributed by atoms with Crippen LogP contribution in [-0.2, 0) is 10.0 Å². The number of ether oxygens (including phenoxy) is 1. The minimum absolute atomic E-state index is 0.00674. The van der Waals surface area contributed by atoms with Gasteiger partial charge in [-0.25, -0.2) is 8.42 Å². The normalized spacial score (nSPS) is 21.4. The van der Waals surface area contributed by atoms with Crippen molar-refractivity contribution < 1.29 is 13.2 Å². The third-order valence-electron chi connectivity index (χ3n) is 4.76. The number of sulfonamides is 1. The van der Waals surface area contributed by atoms with Gasteiger partial charge in [0.2, 0.25) is 10.0 Å². The Morgan fingerprint density at radius 1 is 1.12 bits per heavy atom. The first-order valence-corrected chi connectivity index (χ1v) is 9.74. The fourth-order valence-corrected chi connectivity index (χ4v) is 5.41. The molecule has 0 radical (unpaired) electrons. The SMILES string of the molecule is COc1cc(C)cc(C)c1S(=O)(=O)N1C[C@@H](N)[C@H](c2ccccc2)C1. The molecule has 2 N–H and O–H groups in total. The molecule has 134 valence electrons. The van der Waals surface area contributed by atoms with Crippen molar-refractivity contribution >= 4 is 10.0 Å². The zero-order valence-corrected chi connectivity index (χ0v) is 15.6. The highest BCUT2D eigenvalue weighted by atomic mass is 32.2. The first-order valence-electron chi connectivity index (χ1n) is 8.30. The molecule has 1 saturated heterocycles. The van der Waals surface area contributed by atoms with Crippen molar-refractivity contribution in [1.82, 2.24) is 4.31 Å². The second kappa shape index (κ2) is 6.78. The summed E-state index contributed by atoms with van der Waals surface area (Å²) in [5.41, 5.74) is 9.00. The Kier molecular flexibility index (Phi) is 4.86. The topological polar surface area (TPSA) is 72.6 Å². The van der Waals surface area contributed by atoms with Crippen LogP contribution >= 0.6 is 0 Å². The summed E-state index contributed by atoms with van der Waals surface area (Å²) in [5.74, 6) is 0.377. The maximum absolute atomic E-state index is 13.3. The Bertz CT molecular complexity index is 866. The van der Waals surface area contributed by atoms with E-state index in [1.54, 1.807) is 13.0 Å². The second-order valence-electron chi connectivity index (χ2n) is 6.62. The van der Waals surface area contributed by atoms with Crippen LogP contribution in [0.2, 0.25) is 0 Å². The molecule has 0 aromatic heterocycles. The van der Waals surface area contributed by atoms with Gasteiger partial charge in [-0.3, -0.25) is 0 Å². The van der Waals surface area contributed by atoms with E-state index in [4.69, 9.17) is 10.5 Å². The van der Waals surface area contributed by atoms with Gasteiger partial charge < -0.3 is 10.5 Å². The second-order valence-corrected chi connectivity index (χ2v) is 8.49. The lowest BCUT2D eigenvalue weighted by Crippen LogP contribution is -2.32. The number of hydrogen-bond donors (Lipinski definition) is 1. The predicted molar refractivity (Wildman–Crippen MR) is 98.4 cm³/mol. The number of nitrogens with two attached hydrogens (primary N) is 1. The van der Waals surface area contributed by atoms with Gasteiger partial charge in [-0.15, -0.1) is 0 Å². The standard InChI is InChI=1S/C19H24N2O3S/c1-13-9-14(2)19(18(10-13)24-3)25(22,23)21-11-16(17(20)12-21)15-7-5-4-6-8-15/h4-10,16-17H,11-12,20H2,1-3H3/t16-,17+/m0/s1. The summed E-state index contributed by atoms with van der Waals surface area (Å²) in [5, 5.41) is 0. The van der Waals surface area contributed by atoms with Crippen LogP contribution in [0.4, 0.5) is 0 Å². The van der Waals surface area contributed by atoms with Crippen LogP contribution in [0.3, 0.4) is 0 Å². The van der Waals surface area contributed by atoms with E-state index in [1.807, 2.05) is 43.3 Å². The van der Waals surface area contributed by atoms with E-state index in [1.165, 1.54) is 11.4 Å². The summed E-state index contributed by atoms with van der Waals surface area (Å²) >= 11 is 0. The molecule has 5 nitrogen and oxygen atoms in total. The average Bonchev–Trinajstić information content (AvgIpc) is 2.97. The monoisotopic (exact) mass is 360 g/mol. The Hall–Kier alpha value is -1.89. The molecule has 0 aliphatic carbocycles. The van der Waals surface area contributed by atoms with E-state index in [2.05, 4.69) is 0 Å². The quantitative estimate of drug-likeness (QED) is 0.909. The van der Waals surface area contributed by atoms with Gasteiger partial charge in [0.15, 0.2) is 0 Å². The fourth-order valence-electron chi connectivity index (χ4n) is 3.57. The van der Waals surface area contributed by atoms with Crippen LogP contribution in [0.25, 0.3) is 0 Å².